The Morgan fingerprint density at radius 2 is 2.00 bits per heavy atom. The third kappa shape index (κ3) is 4.44. The van der Waals surface area contributed by atoms with Crippen molar-refractivity contribution in [2.45, 2.75) is 59.5 Å². The number of hydrogen-bond acceptors (Lipinski definition) is 6. The molecule has 0 radical (unpaired) electrons. The van der Waals surface area contributed by atoms with E-state index in [0.717, 1.165) is 56.9 Å². The highest BCUT2D eigenvalue weighted by molar-refractivity contribution is 7.15. The molecule has 1 N–H and O–H groups in total. The fourth-order valence-corrected chi connectivity index (χ4v) is 6.91. The molecule has 1 saturated heterocycles. The van der Waals surface area contributed by atoms with Crippen molar-refractivity contribution in [3.63, 3.8) is 0 Å². The summed E-state index contributed by atoms with van der Waals surface area (Å²) in [7, 11) is 0. The number of rotatable bonds is 6. The van der Waals surface area contributed by atoms with Gasteiger partial charge in [0, 0.05) is 52.9 Å². The molecule has 2 aliphatic heterocycles. The van der Waals surface area contributed by atoms with E-state index in [0.29, 0.717) is 18.1 Å². The number of carbonyl (C=O) groups excluding carboxylic acids is 1. The molecule has 3 aromatic heterocycles. The first kappa shape index (κ1) is 24.5. The molecular formula is C28H37N3O3S. The maximum absolute atomic E-state index is 13.1. The van der Waals surface area contributed by atoms with Crippen molar-refractivity contribution in [3.05, 3.63) is 51.2 Å². The minimum Gasteiger partial charge on any atom is -0.462 e. The van der Waals surface area contributed by atoms with Crippen molar-refractivity contribution >= 4 is 22.8 Å². The van der Waals surface area contributed by atoms with Gasteiger partial charge in [-0.15, -0.1) is 11.3 Å². The Hall–Kier alpha value is -2.19. The van der Waals surface area contributed by atoms with Crippen LogP contribution in [-0.4, -0.2) is 54.7 Å². The molecule has 0 saturated carbocycles. The van der Waals surface area contributed by atoms with E-state index in [1.807, 2.05) is 18.3 Å². The van der Waals surface area contributed by atoms with Gasteiger partial charge in [-0.05, 0) is 68.5 Å². The summed E-state index contributed by atoms with van der Waals surface area (Å²) in [6, 6.07) is 4.61. The lowest BCUT2D eigenvalue weighted by Gasteiger charge is -2.34. The average molecular weight is 496 g/mol. The minimum atomic E-state index is -0.238. The highest BCUT2D eigenvalue weighted by atomic mass is 32.1. The zero-order valence-corrected chi connectivity index (χ0v) is 22.4. The van der Waals surface area contributed by atoms with E-state index in [4.69, 9.17) is 9.47 Å². The van der Waals surface area contributed by atoms with Crippen molar-refractivity contribution in [1.82, 2.24) is 14.6 Å². The number of morpholine rings is 1. The third-order valence-corrected chi connectivity index (χ3v) is 8.70. The molecule has 1 unspecified atom stereocenters. The summed E-state index contributed by atoms with van der Waals surface area (Å²) in [4.78, 5) is 18.3. The van der Waals surface area contributed by atoms with Crippen molar-refractivity contribution in [2.24, 2.45) is 0 Å². The van der Waals surface area contributed by atoms with Gasteiger partial charge in [-0.3, -0.25) is 4.90 Å². The quantitative estimate of drug-likeness (QED) is 0.470. The van der Waals surface area contributed by atoms with Gasteiger partial charge in [0.1, 0.15) is 0 Å². The molecule has 0 aliphatic carbocycles. The summed E-state index contributed by atoms with van der Waals surface area (Å²) in [6.07, 6.45) is 3.41. The Morgan fingerprint density at radius 3 is 2.69 bits per heavy atom. The van der Waals surface area contributed by atoms with Gasteiger partial charge in [0.25, 0.3) is 0 Å². The molecule has 3 aromatic rings. The molecule has 0 amide bonds. The summed E-state index contributed by atoms with van der Waals surface area (Å²) in [5.41, 5.74) is 8.02. The number of ether oxygens (including phenoxy) is 2. The predicted molar refractivity (Wildman–Crippen MR) is 142 cm³/mol. The van der Waals surface area contributed by atoms with E-state index in [2.05, 4.69) is 60.6 Å². The van der Waals surface area contributed by atoms with Crippen LogP contribution in [0.4, 0.5) is 0 Å². The van der Waals surface area contributed by atoms with Crippen molar-refractivity contribution in [1.29, 1.82) is 0 Å². The normalized spacial score (nSPS) is 17.7. The summed E-state index contributed by atoms with van der Waals surface area (Å²) < 4.78 is 13.5. The van der Waals surface area contributed by atoms with Crippen molar-refractivity contribution in [2.75, 3.05) is 39.5 Å². The van der Waals surface area contributed by atoms with Gasteiger partial charge in [-0.1, -0.05) is 13.8 Å². The summed E-state index contributed by atoms with van der Waals surface area (Å²) in [5, 5.41) is 3.51. The molecule has 2 aliphatic rings. The first-order valence-corrected chi connectivity index (χ1v) is 13.7. The molecule has 188 valence electrons. The van der Waals surface area contributed by atoms with E-state index in [1.54, 1.807) is 0 Å². The summed E-state index contributed by atoms with van der Waals surface area (Å²) in [6.45, 7) is 16.3. The molecular weight excluding hydrogens is 458 g/mol. The van der Waals surface area contributed by atoms with Crippen LogP contribution in [0, 0.1) is 6.92 Å². The van der Waals surface area contributed by atoms with Gasteiger partial charge in [-0.2, -0.15) is 0 Å². The second-order valence-electron chi connectivity index (χ2n) is 9.97. The molecule has 35 heavy (non-hydrogen) atoms. The lowest BCUT2D eigenvalue weighted by Crippen LogP contribution is -2.39. The molecule has 0 spiro atoms. The van der Waals surface area contributed by atoms with Gasteiger partial charge >= 0.3 is 5.97 Å². The lowest BCUT2D eigenvalue weighted by molar-refractivity contribution is 0.0186. The van der Waals surface area contributed by atoms with Crippen molar-refractivity contribution in [3.8, 4) is 10.4 Å². The number of hydrogen-bond donors (Lipinski definition) is 1. The van der Waals surface area contributed by atoms with Gasteiger partial charge in [-0.25, -0.2) is 4.79 Å². The Balaban J connectivity index is 1.75. The highest BCUT2D eigenvalue weighted by Crippen LogP contribution is 2.42. The fourth-order valence-electron chi connectivity index (χ4n) is 5.71. The Morgan fingerprint density at radius 1 is 1.23 bits per heavy atom. The van der Waals surface area contributed by atoms with E-state index in [9.17, 15) is 4.79 Å². The highest BCUT2D eigenvalue weighted by Gasteiger charge is 2.29. The zero-order valence-electron chi connectivity index (χ0n) is 21.6. The second kappa shape index (κ2) is 10.1. The Bertz CT molecular complexity index is 1210. The third-order valence-electron chi connectivity index (χ3n) is 7.49. The monoisotopic (exact) mass is 495 g/mol. The number of fused-ring (bicyclic) bond motifs is 2. The van der Waals surface area contributed by atoms with E-state index in [-0.39, 0.29) is 12.0 Å². The van der Waals surface area contributed by atoms with E-state index < -0.39 is 0 Å². The number of pyridine rings is 1. The molecule has 7 heteroatoms. The van der Waals surface area contributed by atoms with Crippen LogP contribution in [0.2, 0.25) is 0 Å². The molecule has 5 rings (SSSR count). The maximum atomic E-state index is 13.1. The SMILES string of the molecule is CCOC(=O)c1cc2c(C(C)C)c(-c3cc4c(s3)CNCC4)cn2c(C(C)N2CCOCC2)c1C. The fraction of sp³-hybridized carbons (Fsp3) is 0.536. The largest absolute Gasteiger partial charge is 0.462 e. The number of carbonyl (C=O) groups is 1. The van der Waals surface area contributed by atoms with Crippen LogP contribution in [0.1, 0.15) is 77.3 Å². The first-order chi connectivity index (χ1) is 16.9. The molecule has 1 fully saturated rings. The number of thiophene rings is 1. The van der Waals surface area contributed by atoms with Crippen LogP contribution in [0.3, 0.4) is 0 Å². The van der Waals surface area contributed by atoms with Crippen LogP contribution in [-0.2, 0) is 22.4 Å². The molecule has 1 atom stereocenters. The lowest BCUT2D eigenvalue weighted by atomic mass is 9.96. The topological polar surface area (TPSA) is 55.2 Å². The number of esters is 1. The molecule has 0 aromatic carbocycles. The van der Waals surface area contributed by atoms with Gasteiger partial charge in [0.05, 0.1) is 30.9 Å². The van der Waals surface area contributed by atoms with E-state index >= 15 is 0 Å². The maximum Gasteiger partial charge on any atom is 0.338 e. The first-order valence-electron chi connectivity index (χ1n) is 12.9. The molecule has 5 heterocycles. The second-order valence-corrected chi connectivity index (χ2v) is 11.1. The van der Waals surface area contributed by atoms with Gasteiger partial charge in [0.15, 0.2) is 0 Å². The van der Waals surface area contributed by atoms with Gasteiger partial charge < -0.3 is 19.2 Å². The predicted octanol–water partition coefficient (Wildman–Crippen LogP) is 5.32. The number of aromatic nitrogens is 1. The van der Waals surface area contributed by atoms with Crippen LogP contribution in [0.15, 0.2) is 18.3 Å². The van der Waals surface area contributed by atoms with Crippen LogP contribution in [0.5, 0.6) is 0 Å². The van der Waals surface area contributed by atoms with E-state index in [1.165, 1.54) is 32.1 Å². The number of nitrogens with zero attached hydrogens (tertiary/aromatic N) is 2. The van der Waals surface area contributed by atoms with Crippen LogP contribution in [0.25, 0.3) is 16.0 Å². The number of nitrogens with one attached hydrogen (secondary N) is 1. The van der Waals surface area contributed by atoms with Crippen LogP contribution >= 0.6 is 11.3 Å². The Kier molecular flexibility index (Phi) is 7.04. The smallest absolute Gasteiger partial charge is 0.338 e. The average Bonchev–Trinajstić information content (AvgIpc) is 3.45. The summed E-state index contributed by atoms with van der Waals surface area (Å²) in [5.74, 6) is 0.0783. The molecule has 0 bridgehead atoms. The van der Waals surface area contributed by atoms with Crippen LogP contribution < -0.4 is 5.32 Å². The van der Waals surface area contributed by atoms with Crippen molar-refractivity contribution < 1.29 is 14.3 Å². The Labute approximate surface area is 212 Å². The minimum absolute atomic E-state index is 0.150. The zero-order chi connectivity index (χ0) is 24.7. The summed E-state index contributed by atoms with van der Waals surface area (Å²) >= 11 is 1.91. The van der Waals surface area contributed by atoms with Gasteiger partial charge in [0.2, 0.25) is 0 Å². The molecule has 6 nitrogen and oxygen atoms in total. The standard InChI is InChI=1S/C28H37N3O3S/c1-6-34-28(32)21-14-23-26(17(2)3)22(24-13-20-7-8-29-15-25(20)35-24)16-31(23)27(18(21)4)19(5)30-9-11-33-12-10-30/h13-14,16-17,19,29H,6-12,15H2,1-5H3.